The summed E-state index contributed by atoms with van der Waals surface area (Å²) in [7, 11) is 0. The van der Waals surface area contributed by atoms with Gasteiger partial charge in [-0.25, -0.2) is 0 Å². The Morgan fingerprint density at radius 1 is 0.962 bits per heavy atom. The predicted molar refractivity (Wildman–Crippen MR) is 111 cm³/mol. The zero-order chi connectivity index (χ0) is 18.1. The van der Waals surface area contributed by atoms with Gasteiger partial charge in [-0.2, -0.15) is 4.80 Å². The first-order chi connectivity index (χ1) is 12.6. The molecule has 26 heavy (non-hydrogen) atoms. The number of benzene rings is 3. The van der Waals surface area contributed by atoms with Crippen LogP contribution in [-0.2, 0) is 0 Å². The van der Waals surface area contributed by atoms with Gasteiger partial charge in [-0.15, -0.1) is 10.2 Å². The minimum Gasteiger partial charge on any atom is -0.322 e. The average Bonchev–Trinajstić information content (AvgIpc) is 3.06. The fourth-order valence-electron chi connectivity index (χ4n) is 2.68. The fourth-order valence-corrected chi connectivity index (χ4v) is 3.03. The molecule has 0 radical (unpaired) electrons. The summed E-state index contributed by atoms with van der Waals surface area (Å²) in [6.07, 6.45) is 0. The van der Waals surface area contributed by atoms with Gasteiger partial charge in [-0.3, -0.25) is 4.79 Å². The van der Waals surface area contributed by atoms with E-state index in [0.29, 0.717) is 5.56 Å². The van der Waals surface area contributed by atoms with E-state index in [0.717, 1.165) is 31.5 Å². The van der Waals surface area contributed by atoms with Crippen molar-refractivity contribution in [3.8, 4) is 5.69 Å². The van der Waals surface area contributed by atoms with Crippen LogP contribution in [0, 0.1) is 10.5 Å². The number of rotatable bonds is 3. The lowest BCUT2D eigenvalue weighted by atomic mass is 10.1. The first kappa shape index (κ1) is 16.7. The number of carbonyl (C=O) groups excluding carboxylic acids is 1. The van der Waals surface area contributed by atoms with E-state index in [-0.39, 0.29) is 5.91 Å². The number of fused-ring (bicyclic) bond motifs is 1. The first-order valence-corrected chi connectivity index (χ1v) is 9.18. The third-order valence-electron chi connectivity index (χ3n) is 4.07. The van der Waals surface area contributed by atoms with Crippen LogP contribution in [0.1, 0.15) is 15.9 Å². The summed E-state index contributed by atoms with van der Waals surface area (Å²) in [6, 6.07) is 21.0. The monoisotopic (exact) mass is 454 g/mol. The normalized spacial score (nSPS) is 10.8. The maximum absolute atomic E-state index is 12.5. The van der Waals surface area contributed by atoms with Gasteiger partial charge in [0.25, 0.3) is 5.91 Å². The molecule has 0 saturated heterocycles. The van der Waals surface area contributed by atoms with E-state index in [1.54, 1.807) is 4.80 Å². The van der Waals surface area contributed by atoms with Crippen molar-refractivity contribution in [2.75, 3.05) is 5.32 Å². The Kier molecular flexibility index (Phi) is 4.42. The quantitative estimate of drug-likeness (QED) is 0.461. The Balaban J connectivity index is 1.66. The van der Waals surface area contributed by atoms with Crippen LogP contribution in [0.2, 0.25) is 0 Å². The summed E-state index contributed by atoms with van der Waals surface area (Å²) in [6.45, 7) is 1.95. The summed E-state index contributed by atoms with van der Waals surface area (Å²) in [5.41, 5.74) is 4.72. The van der Waals surface area contributed by atoms with Crippen LogP contribution in [-0.4, -0.2) is 20.9 Å². The number of hydrogen-bond acceptors (Lipinski definition) is 3. The maximum Gasteiger partial charge on any atom is 0.255 e. The number of para-hydroxylation sites is 1. The molecule has 0 aliphatic carbocycles. The van der Waals surface area contributed by atoms with Crippen molar-refractivity contribution in [2.45, 2.75) is 6.92 Å². The van der Waals surface area contributed by atoms with E-state index in [9.17, 15) is 4.79 Å². The summed E-state index contributed by atoms with van der Waals surface area (Å²) in [4.78, 5) is 14.1. The highest BCUT2D eigenvalue weighted by atomic mass is 127. The van der Waals surface area contributed by atoms with E-state index >= 15 is 0 Å². The molecule has 4 aromatic rings. The van der Waals surface area contributed by atoms with E-state index in [1.807, 2.05) is 73.7 Å². The molecule has 0 aliphatic heterocycles. The van der Waals surface area contributed by atoms with Crippen LogP contribution >= 0.6 is 22.6 Å². The molecule has 0 saturated carbocycles. The van der Waals surface area contributed by atoms with Crippen LogP contribution in [0.3, 0.4) is 0 Å². The van der Waals surface area contributed by atoms with Gasteiger partial charge in [-0.1, -0.05) is 18.2 Å². The van der Waals surface area contributed by atoms with Gasteiger partial charge in [0.2, 0.25) is 0 Å². The highest BCUT2D eigenvalue weighted by Gasteiger charge is 2.11. The smallest absolute Gasteiger partial charge is 0.255 e. The highest BCUT2D eigenvalue weighted by Crippen LogP contribution is 2.23. The third-order valence-corrected chi connectivity index (χ3v) is 4.79. The lowest BCUT2D eigenvalue weighted by Gasteiger charge is -2.08. The molecule has 0 unspecified atom stereocenters. The zero-order valence-electron chi connectivity index (χ0n) is 14.0. The second kappa shape index (κ2) is 6.87. The van der Waals surface area contributed by atoms with Crippen molar-refractivity contribution in [3.63, 3.8) is 0 Å². The van der Waals surface area contributed by atoms with Gasteiger partial charge in [0.05, 0.1) is 5.69 Å². The van der Waals surface area contributed by atoms with Gasteiger partial charge in [0.15, 0.2) is 0 Å². The zero-order valence-corrected chi connectivity index (χ0v) is 16.1. The Morgan fingerprint density at radius 3 is 2.31 bits per heavy atom. The van der Waals surface area contributed by atoms with Crippen LogP contribution in [0.15, 0.2) is 66.7 Å². The van der Waals surface area contributed by atoms with Crippen LogP contribution in [0.5, 0.6) is 0 Å². The second-order valence-corrected chi connectivity index (χ2v) is 7.19. The van der Waals surface area contributed by atoms with Gasteiger partial charge >= 0.3 is 0 Å². The van der Waals surface area contributed by atoms with Gasteiger partial charge < -0.3 is 5.32 Å². The van der Waals surface area contributed by atoms with Crippen molar-refractivity contribution in [1.29, 1.82) is 0 Å². The first-order valence-electron chi connectivity index (χ1n) is 8.10. The summed E-state index contributed by atoms with van der Waals surface area (Å²) < 4.78 is 1.09. The van der Waals surface area contributed by atoms with Crippen LogP contribution < -0.4 is 5.32 Å². The van der Waals surface area contributed by atoms with Crippen LogP contribution in [0.4, 0.5) is 5.69 Å². The third kappa shape index (κ3) is 3.32. The molecule has 0 bridgehead atoms. The molecule has 0 spiro atoms. The number of aryl methyl sites for hydroxylation is 1. The fraction of sp³-hybridized carbons (Fsp3) is 0.0500. The minimum atomic E-state index is -0.140. The molecule has 128 valence electrons. The summed E-state index contributed by atoms with van der Waals surface area (Å²) in [5, 5.41) is 12.0. The minimum absolute atomic E-state index is 0.140. The van der Waals surface area contributed by atoms with Gasteiger partial charge in [0, 0.05) is 14.8 Å². The molecular weight excluding hydrogens is 439 g/mol. The number of hydrogen-bond donors (Lipinski definition) is 1. The van der Waals surface area contributed by atoms with Gasteiger partial charge in [0.1, 0.15) is 11.0 Å². The Labute approximate surface area is 164 Å². The lowest BCUT2D eigenvalue weighted by molar-refractivity contribution is 0.102. The topological polar surface area (TPSA) is 59.8 Å². The molecule has 1 N–H and O–H groups in total. The standard InChI is InChI=1S/C20H15IN4O/c1-13-11-18-19(24-25(23-18)16-5-3-2-4-6-16)12-17(13)22-20(26)14-7-9-15(21)10-8-14/h2-12H,1H3,(H,22,26). The van der Waals surface area contributed by atoms with E-state index < -0.39 is 0 Å². The molecule has 6 heteroatoms. The largest absolute Gasteiger partial charge is 0.322 e. The van der Waals surface area contributed by atoms with E-state index in [1.165, 1.54) is 0 Å². The van der Waals surface area contributed by atoms with E-state index in [2.05, 4.69) is 38.1 Å². The molecule has 5 nitrogen and oxygen atoms in total. The van der Waals surface area contributed by atoms with E-state index in [4.69, 9.17) is 0 Å². The summed E-state index contributed by atoms with van der Waals surface area (Å²) >= 11 is 2.22. The van der Waals surface area contributed by atoms with Crippen LogP contribution in [0.25, 0.3) is 16.7 Å². The number of nitrogens with zero attached hydrogens (tertiary/aromatic N) is 3. The van der Waals surface area contributed by atoms with Crippen molar-refractivity contribution in [2.24, 2.45) is 0 Å². The number of aromatic nitrogens is 3. The molecule has 1 aromatic heterocycles. The van der Waals surface area contributed by atoms with Gasteiger partial charge in [-0.05, 0) is 83.6 Å². The predicted octanol–water partition coefficient (Wildman–Crippen LogP) is 4.59. The Hall–Kier alpha value is -2.74. The number of nitrogens with one attached hydrogen (secondary N) is 1. The number of halogens is 1. The molecule has 1 heterocycles. The SMILES string of the molecule is Cc1cc2nn(-c3ccccc3)nc2cc1NC(=O)c1ccc(I)cc1. The molecule has 0 atom stereocenters. The number of amides is 1. The molecule has 0 fully saturated rings. The van der Waals surface area contributed by atoms with Crippen molar-refractivity contribution in [3.05, 3.63) is 81.4 Å². The second-order valence-electron chi connectivity index (χ2n) is 5.94. The molecular formula is C20H15IN4O. The Morgan fingerprint density at radius 2 is 1.62 bits per heavy atom. The van der Waals surface area contributed by atoms with Crippen molar-refractivity contribution in [1.82, 2.24) is 15.0 Å². The molecule has 4 rings (SSSR count). The summed E-state index contributed by atoms with van der Waals surface area (Å²) in [5.74, 6) is -0.140. The van der Waals surface area contributed by atoms with Crippen molar-refractivity contribution < 1.29 is 4.79 Å². The maximum atomic E-state index is 12.5. The molecule has 0 aliphatic rings. The number of carbonyl (C=O) groups is 1. The van der Waals surface area contributed by atoms with Crippen molar-refractivity contribution >= 4 is 45.2 Å². The average molecular weight is 454 g/mol. The lowest BCUT2D eigenvalue weighted by Crippen LogP contribution is -2.12. The highest BCUT2D eigenvalue weighted by molar-refractivity contribution is 14.1. The molecule has 1 amide bonds. The Bertz CT molecular complexity index is 1090. The molecule has 3 aromatic carbocycles. The number of anilines is 1.